The number of benzene rings is 2. The summed E-state index contributed by atoms with van der Waals surface area (Å²) in [5.41, 5.74) is 0.778. The lowest BCUT2D eigenvalue weighted by Gasteiger charge is -2.23. The predicted molar refractivity (Wildman–Crippen MR) is 120 cm³/mol. The van der Waals surface area contributed by atoms with Crippen molar-refractivity contribution in [2.75, 3.05) is 31.1 Å². The summed E-state index contributed by atoms with van der Waals surface area (Å²) in [6.07, 6.45) is 3.06. The molecule has 158 valence electrons. The number of nitrogens with zero attached hydrogens (tertiary/aromatic N) is 3. The van der Waals surface area contributed by atoms with Crippen molar-refractivity contribution in [2.24, 2.45) is 0 Å². The van der Waals surface area contributed by atoms with Crippen LogP contribution in [0.25, 0.3) is 16.3 Å². The first kappa shape index (κ1) is 22.3. The molecule has 0 bridgehead atoms. The van der Waals surface area contributed by atoms with Gasteiger partial charge >= 0.3 is 0 Å². The number of fused-ring (bicyclic) bond motifs is 1. The molecule has 1 amide bonds. The van der Waals surface area contributed by atoms with E-state index in [0.717, 1.165) is 30.5 Å². The maximum Gasteiger partial charge on any atom is 0.252 e. The summed E-state index contributed by atoms with van der Waals surface area (Å²) in [5.74, 6) is -1.72. The molecule has 0 aliphatic carbocycles. The van der Waals surface area contributed by atoms with E-state index in [1.165, 1.54) is 17.0 Å². The highest BCUT2D eigenvalue weighted by atomic mass is 35.5. The van der Waals surface area contributed by atoms with Crippen LogP contribution < -0.4 is 4.90 Å². The van der Waals surface area contributed by atoms with Gasteiger partial charge in [-0.1, -0.05) is 55.0 Å². The summed E-state index contributed by atoms with van der Waals surface area (Å²) in [4.78, 5) is 21.0. The van der Waals surface area contributed by atoms with Gasteiger partial charge in [-0.05, 0) is 36.9 Å². The van der Waals surface area contributed by atoms with Gasteiger partial charge in [0.05, 0.1) is 4.70 Å². The van der Waals surface area contributed by atoms with E-state index in [2.05, 4.69) is 9.88 Å². The Morgan fingerprint density at radius 1 is 1.17 bits per heavy atom. The van der Waals surface area contributed by atoms with Crippen LogP contribution in [0.5, 0.6) is 0 Å². The second kappa shape index (κ2) is 10.1. The Labute approximate surface area is 183 Å². The maximum absolute atomic E-state index is 14.1. The van der Waals surface area contributed by atoms with Gasteiger partial charge in [0.1, 0.15) is 11.3 Å². The van der Waals surface area contributed by atoms with Gasteiger partial charge in [-0.3, -0.25) is 9.69 Å². The molecule has 2 aromatic carbocycles. The van der Waals surface area contributed by atoms with Crippen LogP contribution in [0.15, 0.2) is 42.5 Å². The Balaban J connectivity index is 1.92. The van der Waals surface area contributed by atoms with Crippen molar-refractivity contribution in [2.45, 2.75) is 13.8 Å². The van der Waals surface area contributed by atoms with Crippen molar-refractivity contribution in [3.05, 3.63) is 64.7 Å². The quantitative estimate of drug-likeness (QED) is 0.419. The average molecular weight is 450 g/mol. The van der Waals surface area contributed by atoms with Crippen LogP contribution >= 0.6 is 22.9 Å². The van der Waals surface area contributed by atoms with Crippen LogP contribution in [0, 0.1) is 11.6 Å². The van der Waals surface area contributed by atoms with Gasteiger partial charge in [-0.25, -0.2) is 13.8 Å². The first-order valence-corrected chi connectivity index (χ1v) is 10.8. The zero-order valence-electron chi connectivity index (χ0n) is 16.7. The third-order valence-corrected chi connectivity index (χ3v) is 6.11. The van der Waals surface area contributed by atoms with Crippen LogP contribution in [-0.2, 0) is 4.79 Å². The number of aromatic nitrogens is 1. The Morgan fingerprint density at radius 2 is 1.90 bits per heavy atom. The molecule has 0 N–H and O–H groups in total. The van der Waals surface area contributed by atoms with Crippen molar-refractivity contribution in [3.63, 3.8) is 0 Å². The Morgan fingerprint density at radius 3 is 2.60 bits per heavy atom. The van der Waals surface area contributed by atoms with Gasteiger partial charge in [-0.2, -0.15) is 0 Å². The monoisotopic (exact) mass is 449 g/mol. The normalized spacial score (nSPS) is 11.7. The lowest BCUT2D eigenvalue weighted by atomic mass is 10.2. The van der Waals surface area contributed by atoms with Crippen molar-refractivity contribution in [1.29, 1.82) is 0 Å². The topological polar surface area (TPSA) is 36.4 Å². The van der Waals surface area contributed by atoms with E-state index in [1.54, 1.807) is 12.1 Å². The summed E-state index contributed by atoms with van der Waals surface area (Å²) < 4.78 is 28.1. The summed E-state index contributed by atoms with van der Waals surface area (Å²) >= 11 is 7.25. The largest absolute Gasteiger partial charge is 0.302 e. The Kier molecular flexibility index (Phi) is 7.53. The summed E-state index contributed by atoms with van der Waals surface area (Å²) in [7, 11) is 0. The minimum Gasteiger partial charge on any atom is -0.302 e. The molecular formula is C22H22ClF2N3OS. The van der Waals surface area contributed by atoms with Crippen LogP contribution in [-0.4, -0.2) is 42.0 Å². The lowest BCUT2D eigenvalue weighted by molar-refractivity contribution is -0.114. The van der Waals surface area contributed by atoms with Crippen LogP contribution in [0.3, 0.4) is 0 Å². The number of amides is 1. The molecule has 8 heteroatoms. The smallest absolute Gasteiger partial charge is 0.252 e. The number of likely N-dealkylation sites (N-methyl/N-ethyl adjacent to an activating group) is 1. The molecule has 3 aromatic rings. The third kappa shape index (κ3) is 5.22. The number of carbonyl (C=O) groups excluding carboxylic acids is 1. The van der Waals surface area contributed by atoms with E-state index < -0.39 is 11.6 Å². The number of hydrogen-bond acceptors (Lipinski definition) is 4. The fraction of sp³-hybridized carbons (Fsp3) is 0.273. The van der Waals surface area contributed by atoms with Crippen molar-refractivity contribution >= 4 is 50.3 Å². The van der Waals surface area contributed by atoms with Gasteiger partial charge in [0.25, 0.3) is 5.91 Å². The van der Waals surface area contributed by atoms with Gasteiger partial charge in [0.2, 0.25) is 0 Å². The molecule has 0 fully saturated rings. The second-order valence-electron chi connectivity index (χ2n) is 6.60. The number of thiazole rings is 1. The van der Waals surface area contributed by atoms with Crippen molar-refractivity contribution in [3.8, 4) is 0 Å². The number of halogens is 3. The number of anilines is 1. The summed E-state index contributed by atoms with van der Waals surface area (Å²) in [6.45, 7) is 6.77. The molecule has 0 spiro atoms. The molecule has 0 atom stereocenters. The first-order valence-electron chi connectivity index (χ1n) is 9.65. The van der Waals surface area contributed by atoms with E-state index in [9.17, 15) is 13.6 Å². The van der Waals surface area contributed by atoms with E-state index >= 15 is 0 Å². The molecule has 0 saturated carbocycles. The highest BCUT2D eigenvalue weighted by molar-refractivity contribution is 7.22. The van der Waals surface area contributed by atoms with Crippen molar-refractivity contribution < 1.29 is 13.6 Å². The number of hydrogen-bond donors (Lipinski definition) is 0. The van der Waals surface area contributed by atoms with Gasteiger partial charge in [-0.15, -0.1) is 0 Å². The Bertz CT molecular complexity index is 1070. The Hall–Kier alpha value is -2.35. The zero-order chi connectivity index (χ0) is 21.7. The van der Waals surface area contributed by atoms with E-state index in [-0.39, 0.29) is 11.4 Å². The highest BCUT2D eigenvalue weighted by Crippen LogP contribution is 2.31. The van der Waals surface area contributed by atoms with E-state index in [4.69, 9.17) is 11.6 Å². The average Bonchev–Trinajstić information content (AvgIpc) is 3.14. The van der Waals surface area contributed by atoms with Crippen molar-refractivity contribution in [1.82, 2.24) is 9.88 Å². The van der Waals surface area contributed by atoms with Crippen LogP contribution in [0.2, 0.25) is 5.02 Å². The number of carbonyl (C=O) groups is 1. The molecule has 0 aliphatic heterocycles. The molecule has 0 aliphatic rings. The molecule has 30 heavy (non-hydrogen) atoms. The fourth-order valence-electron chi connectivity index (χ4n) is 3.00. The molecule has 0 saturated heterocycles. The first-order chi connectivity index (χ1) is 14.4. The number of rotatable bonds is 8. The fourth-order valence-corrected chi connectivity index (χ4v) is 4.24. The van der Waals surface area contributed by atoms with Crippen LogP contribution in [0.4, 0.5) is 13.9 Å². The van der Waals surface area contributed by atoms with E-state index in [1.807, 2.05) is 32.0 Å². The summed E-state index contributed by atoms with van der Waals surface area (Å²) in [6, 6.07) is 9.22. The maximum atomic E-state index is 14.1. The predicted octanol–water partition coefficient (Wildman–Crippen LogP) is 5.62. The zero-order valence-corrected chi connectivity index (χ0v) is 18.3. The van der Waals surface area contributed by atoms with E-state index in [0.29, 0.717) is 33.5 Å². The molecule has 1 aromatic heterocycles. The minimum atomic E-state index is -0.741. The third-order valence-electron chi connectivity index (χ3n) is 4.74. The molecule has 4 nitrogen and oxygen atoms in total. The highest BCUT2D eigenvalue weighted by Gasteiger charge is 2.20. The van der Waals surface area contributed by atoms with Crippen LogP contribution in [0.1, 0.15) is 19.4 Å². The molecular weight excluding hydrogens is 428 g/mol. The molecule has 0 unspecified atom stereocenters. The standard InChI is InChI=1S/C22H22ClF2N3OS/c1-3-27(4-2)11-12-28(20(29)10-9-15-7-5-6-8-17(15)23)22-26-21-18(25)13-16(24)14-19(21)30-22/h5-10,13-14H,3-4,11-12H2,1-2H3/b10-9+. The minimum absolute atomic E-state index is 0.0622. The summed E-state index contributed by atoms with van der Waals surface area (Å²) in [5, 5.41) is 0.865. The SMILES string of the molecule is CCN(CC)CCN(C(=O)/C=C/c1ccccc1Cl)c1nc2c(F)cc(F)cc2s1. The van der Waals surface area contributed by atoms with Gasteiger partial charge < -0.3 is 4.90 Å². The molecule has 3 rings (SSSR count). The molecule has 0 radical (unpaired) electrons. The molecule has 1 heterocycles. The second-order valence-corrected chi connectivity index (χ2v) is 8.02. The van der Waals surface area contributed by atoms with Gasteiger partial charge in [0, 0.05) is 30.3 Å². The lowest BCUT2D eigenvalue weighted by Crippen LogP contribution is -2.38. The van der Waals surface area contributed by atoms with Gasteiger partial charge in [0.15, 0.2) is 10.9 Å².